The zero-order chi connectivity index (χ0) is 26.8. The van der Waals surface area contributed by atoms with E-state index < -0.39 is 17.0 Å². The zero-order valence-electron chi connectivity index (χ0n) is 21.9. The van der Waals surface area contributed by atoms with E-state index in [9.17, 15) is 13.9 Å². The van der Waals surface area contributed by atoms with Gasteiger partial charge in [0.2, 0.25) is 0 Å². The van der Waals surface area contributed by atoms with Crippen molar-refractivity contribution in [1.29, 1.82) is 0 Å². The Balaban J connectivity index is 1.44. The number of aliphatic hydroxyl groups excluding tert-OH is 1. The summed E-state index contributed by atoms with van der Waals surface area (Å²) >= 11 is 0. The minimum Gasteiger partial charge on any atom is -0.396 e. The molecule has 1 N–H and O–H groups in total. The Morgan fingerprint density at radius 2 is 1.84 bits per heavy atom. The number of halogens is 2. The van der Waals surface area contributed by atoms with E-state index in [2.05, 4.69) is 29.0 Å². The lowest BCUT2D eigenvalue weighted by Gasteiger charge is -2.37. The molecule has 0 spiro atoms. The molecule has 2 aliphatic carbocycles. The van der Waals surface area contributed by atoms with Gasteiger partial charge in [-0.1, -0.05) is 26.8 Å². The molecule has 3 atom stereocenters. The third-order valence-electron chi connectivity index (χ3n) is 8.71. The molecule has 4 aromatic rings. The third kappa shape index (κ3) is 3.44. The fourth-order valence-corrected chi connectivity index (χ4v) is 6.62. The van der Waals surface area contributed by atoms with Gasteiger partial charge in [0.05, 0.1) is 34.3 Å². The molecule has 3 heterocycles. The van der Waals surface area contributed by atoms with Crippen LogP contribution in [0.25, 0.3) is 22.6 Å². The van der Waals surface area contributed by atoms with Crippen molar-refractivity contribution in [3.05, 3.63) is 77.0 Å². The van der Waals surface area contributed by atoms with Crippen molar-refractivity contribution < 1.29 is 13.9 Å². The third-order valence-corrected chi connectivity index (χ3v) is 8.71. The van der Waals surface area contributed by atoms with Gasteiger partial charge in [0.1, 0.15) is 23.0 Å². The van der Waals surface area contributed by atoms with E-state index in [1.54, 1.807) is 12.4 Å². The maximum atomic E-state index is 14.5. The number of hydrogen-bond donors (Lipinski definition) is 1. The summed E-state index contributed by atoms with van der Waals surface area (Å²) in [7, 11) is 0. The lowest BCUT2D eigenvalue weighted by atomic mass is 9.66. The van der Waals surface area contributed by atoms with Crippen LogP contribution in [0, 0.1) is 29.9 Å². The Morgan fingerprint density at radius 3 is 2.58 bits per heavy atom. The summed E-state index contributed by atoms with van der Waals surface area (Å²) in [6.45, 7) is 9.08. The van der Waals surface area contributed by atoms with Gasteiger partial charge in [-0.05, 0) is 66.8 Å². The number of aliphatic hydroxyl groups is 1. The predicted octanol–water partition coefficient (Wildman–Crippen LogP) is 5.22. The standard InChI is InChI=1S/C29H30F2N6O/c1-16(15-38)14-37-17(2)10-22(36-37)24-12-32-13-25(33-24)29-9-8-19(28(29,3)4)18-11-23(34-35-27(18)29)26-20(30)6-5-7-21(26)31/h5-7,10-13,16,19,38H,8-9,14-15H2,1-4H3/t16-,19+,29+/m1/s1. The maximum Gasteiger partial charge on any atom is 0.135 e. The summed E-state index contributed by atoms with van der Waals surface area (Å²) in [5, 5.41) is 23.1. The van der Waals surface area contributed by atoms with Gasteiger partial charge < -0.3 is 5.11 Å². The van der Waals surface area contributed by atoms with Crippen molar-refractivity contribution >= 4 is 0 Å². The van der Waals surface area contributed by atoms with Gasteiger partial charge in [0.25, 0.3) is 0 Å². The molecule has 6 rings (SSSR count). The highest BCUT2D eigenvalue weighted by Crippen LogP contribution is 2.69. The fraction of sp³-hybridized carbons (Fsp3) is 0.414. The number of aromatic nitrogens is 6. The van der Waals surface area contributed by atoms with Crippen LogP contribution < -0.4 is 0 Å². The molecule has 9 heteroatoms. The van der Waals surface area contributed by atoms with E-state index in [0.717, 1.165) is 41.2 Å². The van der Waals surface area contributed by atoms with Crippen molar-refractivity contribution in [2.75, 3.05) is 6.61 Å². The van der Waals surface area contributed by atoms with Crippen LogP contribution in [0.15, 0.2) is 42.7 Å². The summed E-state index contributed by atoms with van der Waals surface area (Å²) in [4.78, 5) is 9.64. The molecule has 0 aliphatic heterocycles. The second kappa shape index (κ2) is 8.73. The average molecular weight is 517 g/mol. The second-order valence-electron chi connectivity index (χ2n) is 11.3. The second-order valence-corrected chi connectivity index (χ2v) is 11.3. The van der Waals surface area contributed by atoms with E-state index in [0.29, 0.717) is 12.2 Å². The Kier molecular flexibility index (Phi) is 5.68. The summed E-state index contributed by atoms with van der Waals surface area (Å²) in [5.74, 6) is -1.07. The molecule has 7 nitrogen and oxygen atoms in total. The SMILES string of the molecule is Cc1cc(-c2cncc([C@@]34CC[C@@H](c5cc(-c6c(F)cccc6F)nnc53)C4(C)C)n2)nn1C[C@@H](C)CO. The highest BCUT2D eigenvalue weighted by atomic mass is 19.1. The monoisotopic (exact) mass is 516 g/mol. The quantitative estimate of drug-likeness (QED) is 0.378. The molecule has 0 amide bonds. The van der Waals surface area contributed by atoms with E-state index in [1.165, 1.54) is 18.2 Å². The van der Waals surface area contributed by atoms with Crippen molar-refractivity contribution in [3.63, 3.8) is 0 Å². The van der Waals surface area contributed by atoms with Crippen LogP contribution in [-0.2, 0) is 12.0 Å². The van der Waals surface area contributed by atoms with Crippen molar-refractivity contribution in [1.82, 2.24) is 29.9 Å². The number of rotatable bonds is 6. The minimum atomic E-state index is -0.655. The van der Waals surface area contributed by atoms with Gasteiger partial charge in [-0.15, -0.1) is 5.10 Å². The summed E-state index contributed by atoms with van der Waals surface area (Å²) < 4.78 is 31.0. The number of benzene rings is 1. The Labute approximate surface area is 220 Å². The van der Waals surface area contributed by atoms with Gasteiger partial charge in [-0.25, -0.2) is 13.8 Å². The van der Waals surface area contributed by atoms with E-state index in [-0.39, 0.29) is 35.1 Å². The number of aryl methyl sites for hydroxylation is 1. The van der Waals surface area contributed by atoms with Crippen LogP contribution >= 0.6 is 0 Å². The number of hydrogen-bond acceptors (Lipinski definition) is 6. The summed E-state index contributed by atoms with van der Waals surface area (Å²) in [6.07, 6.45) is 5.25. The average Bonchev–Trinajstić information content (AvgIpc) is 3.46. The Hall–Kier alpha value is -3.59. The minimum absolute atomic E-state index is 0.0882. The highest BCUT2D eigenvalue weighted by molar-refractivity contribution is 5.64. The molecule has 38 heavy (non-hydrogen) atoms. The Morgan fingerprint density at radius 1 is 1.08 bits per heavy atom. The molecular weight excluding hydrogens is 486 g/mol. The molecular formula is C29H30F2N6O. The first-order valence-corrected chi connectivity index (χ1v) is 13.0. The smallest absolute Gasteiger partial charge is 0.135 e. The van der Waals surface area contributed by atoms with Gasteiger partial charge in [0, 0.05) is 25.0 Å². The fourth-order valence-electron chi connectivity index (χ4n) is 6.62. The summed E-state index contributed by atoms with van der Waals surface area (Å²) in [6, 6.07) is 7.61. The molecule has 2 aliphatic rings. The lowest BCUT2D eigenvalue weighted by molar-refractivity contribution is 0.218. The van der Waals surface area contributed by atoms with E-state index in [4.69, 9.17) is 10.1 Å². The first-order valence-electron chi connectivity index (χ1n) is 13.0. The first-order chi connectivity index (χ1) is 18.2. The lowest BCUT2D eigenvalue weighted by Crippen LogP contribution is -2.38. The highest BCUT2D eigenvalue weighted by Gasteiger charge is 2.65. The van der Waals surface area contributed by atoms with E-state index in [1.807, 2.05) is 30.7 Å². The van der Waals surface area contributed by atoms with Crippen molar-refractivity contribution in [2.24, 2.45) is 11.3 Å². The van der Waals surface area contributed by atoms with Gasteiger partial charge in [-0.3, -0.25) is 9.67 Å². The van der Waals surface area contributed by atoms with Gasteiger partial charge in [-0.2, -0.15) is 10.2 Å². The molecule has 0 saturated heterocycles. The van der Waals surface area contributed by atoms with Crippen molar-refractivity contribution in [3.8, 4) is 22.6 Å². The first kappa shape index (κ1) is 24.7. The Bertz CT molecular complexity index is 1530. The van der Waals surface area contributed by atoms with Gasteiger partial charge in [0.15, 0.2) is 0 Å². The predicted molar refractivity (Wildman–Crippen MR) is 138 cm³/mol. The molecule has 3 aromatic heterocycles. The largest absolute Gasteiger partial charge is 0.396 e. The van der Waals surface area contributed by atoms with Crippen LogP contribution in [0.2, 0.25) is 0 Å². The van der Waals surface area contributed by atoms with Gasteiger partial charge >= 0.3 is 0 Å². The molecule has 0 radical (unpaired) electrons. The number of fused-ring (bicyclic) bond motifs is 5. The zero-order valence-corrected chi connectivity index (χ0v) is 21.9. The molecule has 196 valence electrons. The maximum absolute atomic E-state index is 14.5. The summed E-state index contributed by atoms with van der Waals surface area (Å²) in [5.41, 5.74) is 4.23. The topological polar surface area (TPSA) is 89.6 Å². The van der Waals surface area contributed by atoms with Crippen LogP contribution in [0.1, 0.15) is 62.2 Å². The molecule has 2 bridgehead atoms. The molecule has 1 aromatic carbocycles. The van der Waals surface area contributed by atoms with Crippen LogP contribution in [-0.4, -0.2) is 41.7 Å². The van der Waals surface area contributed by atoms with E-state index >= 15 is 0 Å². The molecule has 1 fully saturated rings. The van der Waals surface area contributed by atoms with Crippen LogP contribution in [0.4, 0.5) is 8.78 Å². The molecule has 0 unspecified atom stereocenters. The van der Waals surface area contributed by atoms with Crippen LogP contribution in [0.3, 0.4) is 0 Å². The van der Waals surface area contributed by atoms with Crippen molar-refractivity contribution in [2.45, 2.75) is 58.4 Å². The van der Waals surface area contributed by atoms with Crippen LogP contribution in [0.5, 0.6) is 0 Å². The molecule has 1 saturated carbocycles. The number of nitrogens with zero attached hydrogens (tertiary/aromatic N) is 6. The normalized spacial score (nSPS) is 22.0.